The molecule has 2 N–H and O–H groups in total. The third kappa shape index (κ3) is 2.90. The van der Waals surface area contributed by atoms with Gasteiger partial charge in [-0.3, -0.25) is 0 Å². The molecule has 0 unspecified atom stereocenters. The molecule has 1 aliphatic carbocycles. The summed E-state index contributed by atoms with van der Waals surface area (Å²) in [5.74, 6) is 0.806. The summed E-state index contributed by atoms with van der Waals surface area (Å²) in [6.07, 6.45) is 2.70. The van der Waals surface area contributed by atoms with E-state index in [0.717, 1.165) is 18.2 Å². The zero-order chi connectivity index (χ0) is 12.2. The molecule has 0 aromatic heterocycles. The van der Waals surface area contributed by atoms with Crippen LogP contribution in [-0.4, -0.2) is 0 Å². The van der Waals surface area contributed by atoms with Crippen molar-refractivity contribution in [2.75, 3.05) is 5.43 Å². The van der Waals surface area contributed by atoms with Crippen molar-refractivity contribution in [3.8, 4) is 0 Å². The van der Waals surface area contributed by atoms with E-state index in [2.05, 4.69) is 59.4 Å². The lowest BCUT2D eigenvalue weighted by Gasteiger charge is -2.09. The third-order valence-corrected chi connectivity index (χ3v) is 3.30. The molecule has 0 radical (unpaired) electrons. The van der Waals surface area contributed by atoms with Crippen molar-refractivity contribution >= 4 is 5.69 Å². The zero-order valence-electron chi connectivity index (χ0n) is 10.4. The first kappa shape index (κ1) is 11.3. The quantitative estimate of drug-likeness (QED) is 0.776. The van der Waals surface area contributed by atoms with Crippen LogP contribution < -0.4 is 10.9 Å². The van der Waals surface area contributed by atoms with Crippen LogP contribution in [0.4, 0.5) is 5.69 Å². The largest absolute Gasteiger partial charge is 0.321 e. The van der Waals surface area contributed by atoms with Crippen molar-refractivity contribution in [1.29, 1.82) is 0 Å². The van der Waals surface area contributed by atoms with Crippen LogP contribution >= 0.6 is 0 Å². The van der Waals surface area contributed by atoms with Gasteiger partial charge in [0.25, 0.3) is 0 Å². The molecule has 0 heterocycles. The van der Waals surface area contributed by atoms with E-state index in [4.69, 9.17) is 0 Å². The highest BCUT2D eigenvalue weighted by Gasteiger charge is 2.23. The number of rotatable bonds is 5. The lowest BCUT2D eigenvalue weighted by Crippen LogP contribution is -2.20. The Labute approximate surface area is 108 Å². The zero-order valence-corrected chi connectivity index (χ0v) is 10.4. The van der Waals surface area contributed by atoms with E-state index in [-0.39, 0.29) is 0 Å². The highest BCUT2D eigenvalue weighted by Crippen LogP contribution is 2.40. The maximum Gasteiger partial charge on any atom is 0.0490 e. The molecule has 2 nitrogen and oxygen atoms in total. The Morgan fingerprint density at radius 3 is 2.56 bits per heavy atom. The van der Waals surface area contributed by atoms with Gasteiger partial charge in [0.15, 0.2) is 0 Å². The van der Waals surface area contributed by atoms with Gasteiger partial charge in [-0.25, -0.2) is 5.43 Å². The lowest BCUT2D eigenvalue weighted by molar-refractivity contribution is 0.801. The predicted octanol–water partition coefficient (Wildman–Crippen LogP) is 3.68. The first-order chi connectivity index (χ1) is 8.92. The van der Waals surface area contributed by atoms with Crippen molar-refractivity contribution in [2.24, 2.45) is 0 Å². The van der Waals surface area contributed by atoms with E-state index in [0.29, 0.717) is 0 Å². The van der Waals surface area contributed by atoms with Crippen molar-refractivity contribution in [3.63, 3.8) is 0 Å². The fourth-order valence-electron chi connectivity index (χ4n) is 2.13. The van der Waals surface area contributed by atoms with Crippen molar-refractivity contribution in [2.45, 2.75) is 25.3 Å². The van der Waals surface area contributed by atoms with Crippen LogP contribution in [0.3, 0.4) is 0 Å². The molecule has 1 aliphatic rings. The van der Waals surface area contributed by atoms with Gasteiger partial charge in [0, 0.05) is 12.2 Å². The van der Waals surface area contributed by atoms with Crippen molar-refractivity contribution in [3.05, 3.63) is 65.7 Å². The lowest BCUT2D eigenvalue weighted by atomic mass is 10.1. The van der Waals surface area contributed by atoms with Crippen LogP contribution in [0.2, 0.25) is 0 Å². The summed E-state index contributed by atoms with van der Waals surface area (Å²) in [4.78, 5) is 0. The number of hydrogen-bond donors (Lipinski definition) is 2. The highest BCUT2D eigenvalue weighted by molar-refractivity contribution is 5.46. The third-order valence-electron chi connectivity index (χ3n) is 3.30. The minimum absolute atomic E-state index is 0.806. The summed E-state index contributed by atoms with van der Waals surface area (Å²) in [6, 6.07) is 19.1. The molecule has 2 aromatic rings. The summed E-state index contributed by atoms with van der Waals surface area (Å²) in [5.41, 5.74) is 10.4. The molecular formula is C16H18N2. The monoisotopic (exact) mass is 238 g/mol. The first-order valence-corrected chi connectivity index (χ1v) is 6.54. The molecule has 2 heteroatoms. The summed E-state index contributed by atoms with van der Waals surface area (Å²) in [7, 11) is 0. The fourth-order valence-corrected chi connectivity index (χ4v) is 2.13. The summed E-state index contributed by atoms with van der Waals surface area (Å²) in [5, 5.41) is 0. The average molecular weight is 238 g/mol. The topological polar surface area (TPSA) is 24.1 Å². The van der Waals surface area contributed by atoms with Crippen LogP contribution in [0.5, 0.6) is 0 Å². The van der Waals surface area contributed by atoms with Gasteiger partial charge < -0.3 is 5.43 Å². The van der Waals surface area contributed by atoms with Gasteiger partial charge in [-0.1, -0.05) is 42.5 Å². The number of nitrogens with one attached hydrogen (secondary N) is 2. The van der Waals surface area contributed by atoms with Gasteiger partial charge >= 0.3 is 0 Å². The number of hydrazine groups is 1. The minimum atomic E-state index is 0.806. The van der Waals surface area contributed by atoms with Crippen LogP contribution in [0.15, 0.2) is 54.6 Å². The molecule has 3 rings (SSSR count). The fraction of sp³-hybridized carbons (Fsp3) is 0.250. The van der Waals surface area contributed by atoms with Crippen LogP contribution in [0.25, 0.3) is 0 Å². The Morgan fingerprint density at radius 1 is 0.944 bits per heavy atom. The Morgan fingerprint density at radius 2 is 1.78 bits per heavy atom. The van der Waals surface area contributed by atoms with Crippen molar-refractivity contribution in [1.82, 2.24) is 5.43 Å². The van der Waals surface area contributed by atoms with E-state index in [1.54, 1.807) is 0 Å². The molecule has 0 spiro atoms. The van der Waals surface area contributed by atoms with Gasteiger partial charge in [0.1, 0.15) is 0 Å². The average Bonchev–Trinajstić information content (AvgIpc) is 3.25. The van der Waals surface area contributed by atoms with Gasteiger partial charge in [-0.15, -0.1) is 0 Å². The van der Waals surface area contributed by atoms with E-state index in [9.17, 15) is 0 Å². The molecule has 2 aromatic carbocycles. The van der Waals surface area contributed by atoms with E-state index in [1.165, 1.54) is 24.0 Å². The maximum absolute atomic E-state index is 3.27. The number of anilines is 1. The molecular weight excluding hydrogens is 220 g/mol. The Balaban J connectivity index is 1.55. The predicted molar refractivity (Wildman–Crippen MR) is 75.3 cm³/mol. The molecule has 0 bridgehead atoms. The summed E-state index contributed by atoms with van der Waals surface area (Å²) in [6.45, 7) is 0.828. The number of benzene rings is 2. The molecule has 1 fully saturated rings. The van der Waals surface area contributed by atoms with Crippen LogP contribution in [0.1, 0.15) is 29.9 Å². The minimum Gasteiger partial charge on any atom is -0.321 e. The van der Waals surface area contributed by atoms with E-state index < -0.39 is 0 Å². The molecule has 92 valence electrons. The Hall–Kier alpha value is -1.80. The standard InChI is InChI=1S/C16H18N2/c1-2-5-13(6-3-1)12-17-18-16-8-4-7-15(11-16)14-9-10-14/h1-8,11,14,17-18H,9-10,12H2. The summed E-state index contributed by atoms with van der Waals surface area (Å²) >= 11 is 0. The first-order valence-electron chi connectivity index (χ1n) is 6.54. The highest BCUT2D eigenvalue weighted by atomic mass is 15.3. The molecule has 0 amide bonds. The Bertz CT molecular complexity index is 504. The Kier molecular flexibility index (Phi) is 3.29. The van der Waals surface area contributed by atoms with Gasteiger partial charge in [0.2, 0.25) is 0 Å². The van der Waals surface area contributed by atoms with Gasteiger partial charge in [-0.2, -0.15) is 0 Å². The van der Waals surface area contributed by atoms with Crippen LogP contribution in [0, 0.1) is 0 Å². The van der Waals surface area contributed by atoms with Gasteiger partial charge in [0.05, 0.1) is 0 Å². The second-order valence-electron chi connectivity index (χ2n) is 4.86. The van der Waals surface area contributed by atoms with Crippen LogP contribution in [-0.2, 0) is 6.54 Å². The molecule has 0 saturated heterocycles. The second-order valence-corrected chi connectivity index (χ2v) is 4.86. The molecule has 0 atom stereocenters. The van der Waals surface area contributed by atoms with Crippen molar-refractivity contribution < 1.29 is 0 Å². The molecule has 18 heavy (non-hydrogen) atoms. The van der Waals surface area contributed by atoms with E-state index in [1.807, 2.05) is 6.07 Å². The molecule has 1 saturated carbocycles. The second kappa shape index (κ2) is 5.23. The molecule has 0 aliphatic heterocycles. The SMILES string of the molecule is c1ccc(CNNc2cccc(C3CC3)c2)cc1. The maximum atomic E-state index is 3.27. The summed E-state index contributed by atoms with van der Waals surface area (Å²) < 4.78 is 0. The van der Waals surface area contributed by atoms with Gasteiger partial charge in [-0.05, 0) is 42.0 Å². The smallest absolute Gasteiger partial charge is 0.0490 e. The normalized spacial score (nSPS) is 14.4. The van der Waals surface area contributed by atoms with E-state index >= 15 is 0 Å². The number of hydrogen-bond acceptors (Lipinski definition) is 2.